The van der Waals surface area contributed by atoms with Gasteiger partial charge in [0, 0.05) is 13.3 Å². The Hall–Kier alpha value is -2.41. The van der Waals surface area contributed by atoms with E-state index in [-0.39, 0.29) is 28.7 Å². The van der Waals surface area contributed by atoms with Crippen molar-refractivity contribution in [1.82, 2.24) is 15.1 Å². The van der Waals surface area contributed by atoms with Crippen molar-refractivity contribution in [3.05, 3.63) is 41.2 Å². The highest BCUT2D eigenvalue weighted by Gasteiger charge is 2.50. The van der Waals surface area contributed by atoms with Crippen LogP contribution in [0.4, 0.5) is 0 Å². The van der Waals surface area contributed by atoms with E-state index in [1.165, 1.54) is 13.2 Å². The molecular formula is C21H23ClN4O4S. The standard InChI is InChI=1S/C21H23ClN4O4S/c1-13-10-24-26(11-13)14-3-4-19(17(22)7-14)31(28,29)15-8-16(18(9-15)30-2)20(27)25-21(12-23)5-6-21/h3-4,7,10-11,15-16,18H,5-6,8-9H2,1-2H3,(H,25,27)/t15-,16-,18-/m1/s1. The minimum Gasteiger partial charge on any atom is -0.381 e. The van der Waals surface area contributed by atoms with Gasteiger partial charge in [0.05, 0.1) is 45.1 Å². The fourth-order valence-corrected chi connectivity index (χ4v) is 6.41. The number of aryl methyl sites for hydroxylation is 1. The largest absolute Gasteiger partial charge is 0.381 e. The highest BCUT2D eigenvalue weighted by Crippen LogP contribution is 2.40. The third-order valence-electron chi connectivity index (χ3n) is 6.06. The Bertz CT molecular complexity index is 1170. The summed E-state index contributed by atoms with van der Waals surface area (Å²) in [5.74, 6) is -0.972. The van der Waals surface area contributed by atoms with Gasteiger partial charge in [-0.1, -0.05) is 11.6 Å². The van der Waals surface area contributed by atoms with Crippen LogP contribution in [0.2, 0.25) is 5.02 Å². The molecule has 8 nitrogen and oxygen atoms in total. The summed E-state index contributed by atoms with van der Waals surface area (Å²) in [7, 11) is -2.33. The molecule has 0 radical (unpaired) electrons. The molecule has 0 saturated heterocycles. The Balaban J connectivity index is 1.56. The van der Waals surface area contributed by atoms with Crippen molar-refractivity contribution < 1.29 is 17.9 Å². The molecule has 1 amide bonds. The lowest BCUT2D eigenvalue weighted by molar-refractivity contribution is -0.128. The van der Waals surface area contributed by atoms with E-state index in [9.17, 15) is 18.5 Å². The van der Waals surface area contributed by atoms with E-state index >= 15 is 0 Å². The van der Waals surface area contributed by atoms with Crippen molar-refractivity contribution in [3.8, 4) is 11.8 Å². The second-order valence-corrected chi connectivity index (χ2v) is 10.9. The highest BCUT2D eigenvalue weighted by molar-refractivity contribution is 7.92. The molecule has 2 saturated carbocycles. The van der Waals surface area contributed by atoms with Crippen LogP contribution in [0.5, 0.6) is 0 Å². The van der Waals surface area contributed by atoms with Crippen molar-refractivity contribution in [1.29, 1.82) is 5.26 Å². The van der Waals surface area contributed by atoms with E-state index in [2.05, 4.69) is 16.5 Å². The molecule has 10 heteroatoms. The monoisotopic (exact) mass is 462 g/mol. The van der Waals surface area contributed by atoms with Crippen LogP contribution in [-0.2, 0) is 19.4 Å². The number of benzene rings is 1. The van der Waals surface area contributed by atoms with E-state index in [1.54, 1.807) is 23.0 Å². The van der Waals surface area contributed by atoms with Gasteiger partial charge >= 0.3 is 0 Å². The van der Waals surface area contributed by atoms with Crippen LogP contribution in [0.15, 0.2) is 35.5 Å². The molecule has 0 bridgehead atoms. The lowest BCUT2D eigenvalue weighted by Crippen LogP contribution is -2.42. The number of hydrogen-bond acceptors (Lipinski definition) is 6. The van der Waals surface area contributed by atoms with Gasteiger partial charge in [-0.25, -0.2) is 13.1 Å². The number of sulfone groups is 1. The quantitative estimate of drug-likeness (QED) is 0.705. The number of ether oxygens (including phenoxy) is 1. The molecule has 1 aromatic heterocycles. The highest BCUT2D eigenvalue weighted by atomic mass is 35.5. The second kappa shape index (κ2) is 7.93. The van der Waals surface area contributed by atoms with Gasteiger partial charge in [0.2, 0.25) is 5.91 Å². The van der Waals surface area contributed by atoms with E-state index < -0.39 is 32.6 Å². The van der Waals surface area contributed by atoms with Gasteiger partial charge in [-0.05, 0) is 56.4 Å². The molecule has 2 aliphatic rings. The summed E-state index contributed by atoms with van der Waals surface area (Å²) in [5.41, 5.74) is 0.816. The average molecular weight is 463 g/mol. The van der Waals surface area contributed by atoms with Crippen LogP contribution in [0.1, 0.15) is 31.2 Å². The summed E-state index contributed by atoms with van der Waals surface area (Å²) in [6, 6.07) is 6.82. The fourth-order valence-electron chi connectivity index (χ4n) is 4.06. The van der Waals surface area contributed by atoms with E-state index in [4.69, 9.17) is 16.3 Å². The maximum atomic E-state index is 13.3. The molecule has 0 aliphatic heterocycles. The molecule has 1 aromatic carbocycles. The Morgan fingerprint density at radius 1 is 1.39 bits per heavy atom. The first-order valence-corrected chi connectivity index (χ1v) is 11.9. The van der Waals surface area contributed by atoms with Gasteiger partial charge in [0.15, 0.2) is 9.84 Å². The smallest absolute Gasteiger partial charge is 0.227 e. The summed E-state index contributed by atoms with van der Waals surface area (Å²) < 4.78 is 33.7. The molecular weight excluding hydrogens is 440 g/mol. The molecule has 31 heavy (non-hydrogen) atoms. The normalized spacial score (nSPS) is 24.5. The van der Waals surface area contributed by atoms with Crippen molar-refractivity contribution >= 4 is 27.3 Å². The molecule has 0 spiro atoms. The summed E-state index contributed by atoms with van der Waals surface area (Å²) in [6.45, 7) is 1.91. The molecule has 2 aromatic rings. The molecule has 3 atom stereocenters. The van der Waals surface area contributed by atoms with Crippen molar-refractivity contribution in [2.24, 2.45) is 5.92 Å². The topological polar surface area (TPSA) is 114 Å². The molecule has 4 rings (SSSR count). The number of methoxy groups -OCH3 is 1. The van der Waals surface area contributed by atoms with Crippen LogP contribution in [-0.4, -0.2) is 48.1 Å². The number of halogens is 1. The molecule has 0 unspecified atom stereocenters. The lowest BCUT2D eigenvalue weighted by Gasteiger charge is -2.19. The van der Waals surface area contributed by atoms with Gasteiger partial charge in [-0.3, -0.25) is 4.79 Å². The Labute approximate surface area is 186 Å². The summed E-state index contributed by atoms with van der Waals surface area (Å²) in [6.07, 6.45) is 4.50. The molecule has 1 N–H and O–H groups in total. The van der Waals surface area contributed by atoms with Crippen molar-refractivity contribution in [2.45, 2.75) is 54.4 Å². The van der Waals surface area contributed by atoms with Crippen LogP contribution in [0, 0.1) is 24.2 Å². The third-order valence-corrected chi connectivity index (χ3v) is 8.72. The van der Waals surface area contributed by atoms with Gasteiger partial charge in [-0.15, -0.1) is 0 Å². The number of carbonyl (C=O) groups excluding carboxylic acids is 1. The van der Waals surface area contributed by atoms with Gasteiger partial charge in [0.25, 0.3) is 0 Å². The number of rotatable bonds is 6. The van der Waals surface area contributed by atoms with E-state index in [0.29, 0.717) is 18.5 Å². The zero-order chi connectivity index (χ0) is 22.4. The van der Waals surface area contributed by atoms with Gasteiger partial charge < -0.3 is 10.1 Å². The van der Waals surface area contributed by atoms with Gasteiger partial charge in [0.1, 0.15) is 5.54 Å². The number of nitrogens with zero attached hydrogens (tertiary/aromatic N) is 3. The van der Waals surface area contributed by atoms with E-state index in [0.717, 1.165) is 5.56 Å². The molecule has 2 aliphatic carbocycles. The SMILES string of the molecule is CO[C@@H]1C[C@H](S(=O)(=O)c2ccc(-n3cc(C)cn3)cc2Cl)C[C@H]1C(=O)NC1(C#N)CC1. The first-order chi connectivity index (χ1) is 14.7. The maximum absolute atomic E-state index is 13.3. The second-order valence-electron chi connectivity index (χ2n) is 8.28. The van der Waals surface area contributed by atoms with Crippen LogP contribution >= 0.6 is 11.6 Å². The van der Waals surface area contributed by atoms with Crippen molar-refractivity contribution in [2.75, 3.05) is 7.11 Å². The number of hydrogen-bond donors (Lipinski definition) is 1. The van der Waals surface area contributed by atoms with Crippen LogP contribution in [0.3, 0.4) is 0 Å². The lowest BCUT2D eigenvalue weighted by atomic mass is 10.0. The Morgan fingerprint density at radius 2 is 2.13 bits per heavy atom. The first-order valence-electron chi connectivity index (χ1n) is 10.0. The Kier molecular flexibility index (Phi) is 5.58. The minimum absolute atomic E-state index is 0.0263. The predicted molar refractivity (Wildman–Crippen MR) is 114 cm³/mol. The minimum atomic E-state index is -3.79. The fraction of sp³-hybridized carbons (Fsp3) is 0.476. The van der Waals surface area contributed by atoms with Gasteiger partial charge in [-0.2, -0.15) is 10.4 Å². The number of nitrogens with one attached hydrogen (secondary N) is 1. The zero-order valence-electron chi connectivity index (χ0n) is 17.2. The molecule has 164 valence electrons. The number of amides is 1. The van der Waals surface area contributed by atoms with Crippen molar-refractivity contribution in [3.63, 3.8) is 0 Å². The first kappa shape index (κ1) is 21.8. The number of carbonyl (C=O) groups is 1. The van der Waals surface area contributed by atoms with Crippen LogP contribution in [0.25, 0.3) is 5.69 Å². The van der Waals surface area contributed by atoms with E-state index in [1.807, 2.05) is 13.1 Å². The summed E-state index contributed by atoms with van der Waals surface area (Å²) in [5, 5.41) is 15.5. The number of aromatic nitrogens is 2. The van der Waals surface area contributed by atoms with Crippen LogP contribution < -0.4 is 5.32 Å². The maximum Gasteiger partial charge on any atom is 0.227 e. The summed E-state index contributed by atoms with van der Waals surface area (Å²) >= 11 is 6.37. The Morgan fingerprint density at radius 3 is 2.68 bits per heavy atom. The predicted octanol–water partition coefficient (Wildman–Crippen LogP) is 2.57. The average Bonchev–Trinajstić information content (AvgIpc) is 3.15. The summed E-state index contributed by atoms with van der Waals surface area (Å²) in [4.78, 5) is 12.8. The third kappa shape index (κ3) is 4.07. The zero-order valence-corrected chi connectivity index (χ0v) is 18.8. The molecule has 1 heterocycles. The number of nitriles is 1. The molecule has 2 fully saturated rings.